The summed E-state index contributed by atoms with van der Waals surface area (Å²) in [5.74, 6) is 0.842. The zero-order valence-corrected chi connectivity index (χ0v) is 15.5. The lowest BCUT2D eigenvalue weighted by Crippen LogP contribution is -2.22. The quantitative estimate of drug-likeness (QED) is 0.602. The first kappa shape index (κ1) is 18.3. The number of hydrogen-bond donors (Lipinski definition) is 1. The standard InChI is InChI=1S/C18H16ClN3O3S/c1-12(17(23)20-14-5-3-2-4-6-14)26-18-22-21-16(25-18)11-24-15-9-7-13(19)8-10-15/h2-10,12H,11H2,1H3,(H,20,23). The van der Waals surface area contributed by atoms with Gasteiger partial charge < -0.3 is 14.5 Å². The van der Waals surface area contributed by atoms with Crippen LogP contribution in [-0.4, -0.2) is 21.4 Å². The number of amides is 1. The molecule has 3 rings (SSSR count). The predicted molar refractivity (Wildman–Crippen MR) is 100 cm³/mol. The third kappa shape index (κ3) is 5.24. The molecule has 0 fully saturated rings. The topological polar surface area (TPSA) is 77.2 Å². The first-order chi connectivity index (χ1) is 12.6. The van der Waals surface area contributed by atoms with Crippen LogP contribution in [0, 0.1) is 0 Å². The lowest BCUT2D eigenvalue weighted by molar-refractivity contribution is -0.115. The Morgan fingerprint density at radius 2 is 1.92 bits per heavy atom. The van der Waals surface area contributed by atoms with Gasteiger partial charge in [-0.1, -0.05) is 41.6 Å². The van der Waals surface area contributed by atoms with E-state index < -0.39 is 0 Å². The number of halogens is 1. The zero-order valence-electron chi connectivity index (χ0n) is 13.9. The molecule has 1 unspecified atom stereocenters. The minimum atomic E-state index is -0.388. The summed E-state index contributed by atoms with van der Waals surface area (Å²) < 4.78 is 11.1. The van der Waals surface area contributed by atoms with Gasteiger partial charge in [0, 0.05) is 10.7 Å². The highest BCUT2D eigenvalue weighted by molar-refractivity contribution is 8.00. The Kier molecular flexibility index (Phi) is 6.14. The Hall–Kier alpha value is -2.51. The molecule has 1 atom stereocenters. The Balaban J connectivity index is 1.51. The number of thioether (sulfide) groups is 1. The fourth-order valence-electron chi connectivity index (χ4n) is 1.99. The van der Waals surface area contributed by atoms with E-state index in [1.165, 1.54) is 11.8 Å². The van der Waals surface area contributed by atoms with E-state index >= 15 is 0 Å². The van der Waals surface area contributed by atoms with Crippen molar-refractivity contribution in [2.24, 2.45) is 0 Å². The van der Waals surface area contributed by atoms with Gasteiger partial charge >= 0.3 is 0 Å². The number of ether oxygens (including phenoxy) is 1. The molecule has 134 valence electrons. The molecule has 0 saturated heterocycles. The SMILES string of the molecule is CC(Sc1nnc(COc2ccc(Cl)cc2)o1)C(=O)Nc1ccccc1. The largest absolute Gasteiger partial charge is 0.484 e. The van der Waals surface area contributed by atoms with Crippen LogP contribution in [0.25, 0.3) is 0 Å². The smallest absolute Gasteiger partial charge is 0.277 e. The molecule has 0 radical (unpaired) electrons. The van der Waals surface area contributed by atoms with Crippen LogP contribution in [0.2, 0.25) is 5.02 Å². The summed E-state index contributed by atoms with van der Waals surface area (Å²) in [6.45, 7) is 1.91. The van der Waals surface area contributed by atoms with Gasteiger partial charge in [-0.3, -0.25) is 4.79 Å². The van der Waals surface area contributed by atoms with Crippen LogP contribution in [-0.2, 0) is 11.4 Å². The Labute approximate surface area is 159 Å². The maximum atomic E-state index is 12.2. The molecule has 1 N–H and O–H groups in total. The summed E-state index contributed by atoms with van der Waals surface area (Å²) in [4.78, 5) is 12.2. The van der Waals surface area contributed by atoms with Crippen molar-refractivity contribution >= 4 is 35.0 Å². The van der Waals surface area contributed by atoms with Crippen molar-refractivity contribution < 1.29 is 13.9 Å². The van der Waals surface area contributed by atoms with Crippen LogP contribution >= 0.6 is 23.4 Å². The van der Waals surface area contributed by atoms with Crippen LogP contribution in [0.5, 0.6) is 5.75 Å². The monoisotopic (exact) mass is 389 g/mol. The molecule has 1 heterocycles. The third-order valence-corrected chi connectivity index (χ3v) is 4.50. The van der Waals surface area contributed by atoms with Gasteiger partial charge in [0.15, 0.2) is 6.61 Å². The number of aromatic nitrogens is 2. The number of hydrogen-bond acceptors (Lipinski definition) is 6. The highest BCUT2D eigenvalue weighted by atomic mass is 35.5. The molecular weight excluding hydrogens is 374 g/mol. The molecule has 0 bridgehead atoms. The van der Waals surface area contributed by atoms with Crippen LogP contribution in [0.1, 0.15) is 12.8 Å². The minimum Gasteiger partial charge on any atom is -0.484 e. The summed E-state index contributed by atoms with van der Waals surface area (Å²) in [5.41, 5.74) is 0.743. The number of anilines is 1. The lowest BCUT2D eigenvalue weighted by atomic mass is 10.3. The molecule has 8 heteroatoms. The van der Waals surface area contributed by atoms with Gasteiger partial charge in [-0.05, 0) is 43.3 Å². The average molecular weight is 390 g/mol. The van der Waals surface area contributed by atoms with E-state index in [-0.39, 0.29) is 17.8 Å². The van der Waals surface area contributed by atoms with Crippen molar-refractivity contribution in [2.45, 2.75) is 24.0 Å². The zero-order chi connectivity index (χ0) is 18.4. The molecule has 0 spiro atoms. The number of benzene rings is 2. The summed E-state index contributed by atoms with van der Waals surface area (Å²) >= 11 is 7.02. The van der Waals surface area contributed by atoms with Gasteiger partial charge in [-0.15, -0.1) is 10.2 Å². The van der Waals surface area contributed by atoms with Gasteiger partial charge in [0.05, 0.1) is 5.25 Å². The number of nitrogens with one attached hydrogen (secondary N) is 1. The van der Waals surface area contributed by atoms with E-state index in [0.717, 1.165) is 5.69 Å². The predicted octanol–water partition coefficient (Wildman–Crippen LogP) is 4.42. The maximum absolute atomic E-state index is 12.2. The fourth-order valence-corrected chi connectivity index (χ4v) is 2.82. The van der Waals surface area contributed by atoms with E-state index in [0.29, 0.717) is 21.9 Å². The first-order valence-electron chi connectivity index (χ1n) is 7.83. The number of para-hydroxylation sites is 1. The molecule has 0 aliphatic heterocycles. The van der Waals surface area contributed by atoms with E-state index in [1.807, 2.05) is 30.3 Å². The van der Waals surface area contributed by atoms with E-state index in [1.54, 1.807) is 31.2 Å². The number of rotatable bonds is 7. The maximum Gasteiger partial charge on any atom is 0.277 e. The van der Waals surface area contributed by atoms with Crippen LogP contribution in [0.4, 0.5) is 5.69 Å². The van der Waals surface area contributed by atoms with Crippen molar-refractivity contribution in [3.8, 4) is 5.75 Å². The Bertz CT molecular complexity index is 856. The number of carbonyl (C=O) groups is 1. The van der Waals surface area contributed by atoms with Crippen molar-refractivity contribution in [1.29, 1.82) is 0 Å². The normalized spacial score (nSPS) is 11.8. The second-order valence-corrected chi connectivity index (χ2v) is 7.05. The van der Waals surface area contributed by atoms with E-state index in [2.05, 4.69) is 15.5 Å². The molecule has 0 saturated carbocycles. The number of nitrogens with zero attached hydrogens (tertiary/aromatic N) is 2. The molecule has 26 heavy (non-hydrogen) atoms. The van der Waals surface area contributed by atoms with Crippen LogP contribution in [0.3, 0.4) is 0 Å². The second-order valence-electron chi connectivity index (χ2n) is 5.32. The third-order valence-electron chi connectivity index (χ3n) is 3.31. The molecule has 1 amide bonds. The highest BCUT2D eigenvalue weighted by Gasteiger charge is 2.18. The summed E-state index contributed by atoms with van der Waals surface area (Å²) in [7, 11) is 0. The average Bonchev–Trinajstić information content (AvgIpc) is 3.09. The molecule has 3 aromatic rings. The summed E-state index contributed by atoms with van der Waals surface area (Å²) in [5, 5.41) is 11.3. The van der Waals surface area contributed by atoms with Crippen molar-refractivity contribution in [1.82, 2.24) is 10.2 Å². The van der Waals surface area contributed by atoms with Gasteiger partial charge in [-0.2, -0.15) is 0 Å². The van der Waals surface area contributed by atoms with E-state index in [4.69, 9.17) is 20.8 Å². The first-order valence-corrected chi connectivity index (χ1v) is 9.09. The van der Waals surface area contributed by atoms with Crippen LogP contribution in [0.15, 0.2) is 64.2 Å². The molecule has 0 aliphatic carbocycles. The van der Waals surface area contributed by atoms with Crippen molar-refractivity contribution in [3.05, 3.63) is 65.5 Å². The van der Waals surface area contributed by atoms with Gasteiger partial charge in [0.2, 0.25) is 5.91 Å². The molecule has 2 aromatic carbocycles. The summed E-state index contributed by atoms with van der Waals surface area (Å²) in [6.07, 6.45) is 0. The highest BCUT2D eigenvalue weighted by Crippen LogP contribution is 2.23. The van der Waals surface area contributed by atoms with Gasteiger partial charge in [-0.25, -0.2) is 0 Å². The van der Waals surface area contributed by atoms with Crippen LogP contribution < -0.4 is 10.1 Å². The molecule has 6 nitrogen and oxygen atoms in total. The van der Waals surface area contributed by atoms with E-state index in [9.17, 15) is 4.79 Å². The van der Waals surface area contributed by atoms with Gasteiger partial charge in [0.1, 0.15) is 5.75 Å². The summed E-state index contributed by atoms with van der Waals surface area (Å²) in [6, 6.07) is 16.2. The lowest BCUT2D eigenvalue weighted by Gasteiger charge is -2.09. The molecular formula is C18H16ClN3O3S. The Morgan fingerprint density at radius 1 is 1.19 bits per heavy atom. The van der Waals surface area contributed by atoms with Crippen molar-refractivity contribution in [3.63, 3.8) is 0 Å². The Morgan fingerprint density at radius 3 is 2.65 bits per heavy atom. The number of carbonyl (C=O) groups excluding carboxylic acids is 1. The van der Waals surface area contributed by atoms with Gasteiger partial charge in [0.25, 0.3) is 11.1 Å². The molecule has 0 aliphatic rings. The minimum absolute atomic E-state index is 0.139. The second kappa shape index (κ2) is 8.73. The van der Waals surface area contributed by atoms with Crippen molar-refractivity contribution in [2.75, 3.05) is 5.32 Å². The fraction of sp³-hybridized carbons (Fsp3) is 0.167. The molecule has 1 aromatic heterocycles.